The van der Waals surface area contributed by atoms with Crippen LogP contribution in [0.15, 0.2) is 16.7 Å². The van der Waals surface area contributed by atoms with Crippen LogP contribution in [0.2, 0.25) is 0 Å². The first-order chi connectivity index (χ1) is 10.0. The number of nitrogens with two attached hydrogens (primary N) is 1. The number of carbonyl (C=O) groups excluding carboxylic acids is 1. The van der Waals surface area contributed by atoms with Crippen LogP contribution in [0, 0.1) is 6.92 Å². The zero-order chi connectivity index (χ0) is 15.4. The molecule has 0 bridgehead atoms. The number of hydrogen-bond acceptors (Lipinski definition) is 4. The third-order valence-electron chi connectivity index (χ3n) is 3.99. The number of nitrogens with zero attached hydrogens (tertiary/aromatic N) is 2. The molecule has 1 aromatic heterocycles. The summed E-state index contributed by atoms with van der Waals surface area (Å²) in [6.07, 6.45) is 3.58. The molecule has 21 heavy (non-hydrogen) atoms. The van der Waals surface area contributed by atoms with Crippen molar-refractivity contribution in [1.82, 2.24) is 9.80 Å². The Kier molecular flexibility index (Phi) is 5.36. The molecule has 1 unspecified atom stereocenters. The fourth-order valence-electron chi connectivity index (χ4n) is 2.75. The van der Waals surface area contributed by atoms with Crippen LogP contribution in [-0.4, -0.2) is 52.9 Å². The van der Waals surface area contributed by atoms with Gasteiger partial charge in [-0.3, -0.25) is 9.69 Å². The molecule has 1 aromatic rings. The molecule has 116 valence electrons. The molecule has 0 spiro atoms. The van der Waals surface area contributed by atoms with Crippen molar-refractivity contribution in [1.29, 1.82) is 0 Å². The van der Waals surface area contributed by atoms with Crippen molar-refractivity contribution in [3.05, 3.63) is 23.7 Å². The van der Waals surface area contributed by atoms with Gasteiger partial charge in [-0.1, -0.05) is 25.6 Å². The van der Waals surface area contributed by atoms with Crippen molar-refractivity contribution >= 4 is 23.1 Å². The van der Waals surface area contributed by atoms with Crippen molar-refractivity contribution in [3.63, 3.8) is 0 Å². The van der Waals surface area contributed by atoms with Crippen LogP contribution in [0.4, 0.5) is 0 Å². The molecule has 1 aliphatic rings. The molecule has 0 radical (unpaired) electrons. The van der Waals surface area contributed by atoms with Crippen LogP contribution in [0.25, 0.3) is 0 Å². The van der Waals surface area contributed by atoms with E-state index in [2.05, 4.69) is 11.8 Å². The lowest BCUT2D eigenvalue weighted by molar-refractivity contribution is 0.0578. The Labute approximate surface area is 131 Å². The third kappa shape index (κ3) is 3.63. The minimum absolute atomic E-state index is 0.0282. The van der Waals surface area contributed by atoms with Crippen molar-refractivity contribution < 1.29 is 9.21 Å². The second kappa shape index (κ2) is 7.04. The molecule has 0 aromatic carbocycles. The van der Waals surface area contributed by atoms with Gasteiger partial charge in [-0.25, -0.2) is 0 Å². The minimum atomic E-state index is -0.0282. The predicted molar refractivity (Wildman–Crippen MR) is 86.4 cm³/mol. The summed E-state index contributed by atoms with van der Waals surface area (Å²) in [4.78, 5) is 17.1. The Hall–Kier alpha value is -1.40. The summed E-state index contributed by atoms with van der Waals surface area (Å²) in [5, 5.41) is 0. The van der Waals surface area contributed by atoms with Crippen LogP contribution >= 0.6 is 12.2 Å². The van der Waals surface area contributed by atoms with E-state index in [0.29, 0.717) is 23.8 Å². The SMILES string of the molecule is CCCC(C(N)=S)N1CCN(C(=O)c2occc2C)CC1. The summed E-state index contributed by atoms with van der Waals surface area (Å²) >= 11 is 5.17. The highest BCUT2D eigenvalue weighted by Gasteiger charge is 2.28. The third-order valence-corrected chi connectivity index (χ3v) is 4.26. The topological polar surface area (TPSA) is 62.7 Å². The Bertz CT molecular complexity index is 507. The summed E-state index contributed by atoms with van der Waals surface area (Å²) in [6.45, 7) is 6.98. The molecule has 1 amide bonds. The number of rotatable bonds is 5. The molecule has 6 heteroatoms. The van der Waals surface area contributed by atoms with E-state index in [0.717, 1.165) is 31.5 Å². The van der Waals surface area contributed by atoms with Crippen molar-refractivity contribution in [2.24, 2.45) is 5.73 Å². The van der Waals surface area contributed by atoms with Gasteiger partial charge in [-0.05, 0) is 19.4 Å². The van der Waals surface area contributed by atoms with Gasteiger partial charge in [0.15, 0.2) is 5.76 Å². The zero-order valence-corrected chi connectivity index (χ0v) is 13.5. The fraction of sp³-hybridized carbons (Fsp3) is 0.600. The second-order valence-corrected chi connectivity index (χ2v) is 5.94. The Morgan fingerprint density at radius 2 is 2.10 bits per heavy atom. The number of thiocarbonyl (C=S) groups is 1. The molecule has 1 aliphatic heterocycles. The van der Waals surface area contributed by atoms with E-state index < -0.39 is 0 Å². The van der Waals surface area contributed by atoms with Crippen molar-refractivity contribution in [2.45, 2.75) is 32.7 Å². The van der Waals surface area contributed by atoms with Crippen LogP contribution in [0.1, 0.15) is 35.9 Å². The van der Waals surface area contributed by atoms with E-state index in [1.165, 1.54) is 0 Å². The Morgan fingerprint density at radius 3 is 2.57 bits per heavy atom. The first-order valence-corrected chi connectivity index (χ1v) is 7.82. The van der Waals surface area contributed by atoms with E-state index in [1.807, 2.05) is 17.9 Å². The first-order valence-electron chi connectivity index (χ1n) is 7.41. The Balaban J connectivity index is 1.95. The largest absolute Gasteiger partial charge is 0.459 e. The van der Waals surface area contributed by atoms with Gasteiger partial charge in [-0.2, -0.15) is 0 Å². The van der Waals surface area contributed by atoms with Gasteiger partial charge in [0.25, 0.3) is 5.91 Å². The highest BCUT2D eigenvalue weighted by molar-refractivity contribution is 7.80. The molecule has 1 saturated heterocycles. The molecular formula is C15H23N3O2S. The van der Waals surface area contributed by atoms with Gasteiger partial charge in [0.2, 0.25) is 0 Å². The van der Waals surface area contributed by atoms with Gasteiger partial charge in [0.1, 0.15) is 0 Å². The average molecular weight is 309 g/mol. The van der Waals surface area contributed by atoms with Crippen molar-refractivity contribution in [2.75, 3.05) is 26.2 Å². The predicted octanol–water partition coefficient (Wildman–Crippen LogP) is 1.80. The smallest absolute Gasteiger partial charge is 0.289 e. The van der Waals surface area contributed by atoms with E-state index in [4.69, 9.17) is 22.4 Å². The minimum Gasteiger partial charge on any atom is -0.459 e. The highest BCUT2D eigenvalue weighted by Crippen LogP contribution is 2.16. The molecule has 0 aliphatic carbocycles. The van der Waals surface area contributed by atoms with Gasteiger partial charge < -0.3 is 15.1 Å². The van der Waals surface area contributed by atoms with E-state index in [1.54, 1.807) is 6.26 Å². The average Bonchev–Trinajstić information content (AvgIpc) is 2.90. The fourth-order valence-corrected chi connectivity index (χ4v) is 3.02. The standard InChI is InChI=1S/C15H23N3O2S/c1-3-4-12(14(16)21)17-6-8-18(9-7-17)15(19)13-11(2)5-10-20-13/h5,10,12H,3-4,6-9H2,1-2H3,(H2,16,21). The molecule has 0 saturated carbocycles. The summed E-state index contributed by atoms with van der Waals surface area (Å²) in [5.41, 5.74) is 6.72. The van der Waals surface area contributed by atoms with Gasteiger partial charge >= 0.3 is 0 Å². The molecule has 5 nitrogen and oxygen atoms in total. The van der Waals surface area contributed by atoms with E-state index in [-0.39, 0.29) is 11.9 Å². The van der Waals surface area contributed by atoms with Crippen LogP contribution in [-0.2, 0) is 0 Å². The van der Waals surface area contributed by atoms with Crippen molar-refractivity contribution in [3.8, 4) is 0 Å². The first kappa shape index (κ1) is 16.0. The monoisotopic (exact) mass is 309 g/mol. The van der Waals surface area contributed by atoms with E-state index in [9.17, 15) is 4.79 Å². The normalized spacial score (nSPS) is 17.7. The van der Waals surface area contributed by atoms with Crippen LogP contribution < -0.4 is 5.73 Å². The summed E-state index contributed by atoms with van der Waals surface area (Å²) in [5.74, 6) is 0.419. The lowest BCUT2D eigenvalue weighted by atomic mass is 10.1. The maximum absolute atomic E-state index is 12.4. The lowest BCUT2D eigenvalue weighted by Crippen LogP contribution is -2.54. The lowest BCUT2D eigenvalue weighted by Gasteiger charge is -2.38. The molecule has 2 N–H and O–H groups in total. The number of aryl methyl sites for hydroxylation is 1. The van der Waals surface area contributed by atoms with Gasteiger partial charge in [0, 0.05) is 31.7 Å². The van der Waals surface area contributed by atoms with Crippen LogP contribution in [0.3, 0.4) is 0 Å². The maximum Gasteiger partial charge on any atom is 0.289 e. The molecule has 1 atom stereocenters. The molecule has 2 heterocycles. The molecule has 1 fully saturated rings. The number of hydrogen-bond donors (Lipinski definition) is 1. The van der Waals surface area contributed by atoms with E-state index >= 15 is 0 Å². The number of amides is 1. The molecule has 2 rings (SSSR count). The van der Waals surface area contributed by atoms with Gasteiger partial charge in [-0.15, -0.1) is 0 Å². The summed E-state index contributed by atoms with van der Waals surface area (Å²) < 4.78 is 5.28. The Morgan fingerprint density at radius 1 is 1.43 bits per heavy atom. The summed E-state index contributed by atoms with van der Waals surface area (Å²) in [7, 11) is 0. The number of furan rings is 1. The second-order valence-electron chi connectivity index (χ2n) is 5.47. The highest BCUT2D eigenvalue weighted by atomic mass is 32.1. The number of carbonyl (C=O) groups is 1. The molecular weight excluding hydrogens is 286 g/mol. The van der Waals surface area contributed by atoms with Gasteiger partial charge in [0.05, 0.1) is 17.3 Å². The maximum atomic E-state index is 12.4. The number of piperazine rings is 1. The zero-order valence-electron chi connectivity index (χ0n) is 12.7. The van der Waals surface area contributed by atoms with Crippen LogP contribution in [0.5, 0.6) is 0 Å². The quantitative estimate of drug-likeness (QED) is 0.840. The summed E-state index contributed by atoms with van der Waals surface area (Å²) in [6, 6.07) is 1.96.